The van der Waals surface area contributed by atoms with E-state index in [0.29, 0.717) is 13.0 Å². The Morgan fingerprint density at radius 3 is 2.48 bits per heavy atom. The zero-order valence-electron chi connectivity index (χ0n) is 21.3. The molecule has 3 atom stereocenters. The quantitative estimate of drug-likeness (QED) is 0.275. The number of carbonyl (C=O) groups excluding carboxylic acids is 4. The van der Waals surface area contributed by atoms with Gasteiger partial charge in [-0.25, -0.2) is 0 Å². The van der Waals surface area contributed by atoms with E-state index in [4.69, 9.17) is 0 Å². The highest BCUT2D eigenvalue weighted by Gasteiger charge is 2.55. The number of para-hydroxylation sites is 1. The minimum absolute atomic E-state index is 0.193. The molecule has 4 rings (SSSR count). The van der Waals surface area contributed by atoms with Gasteiger partial charge in [-0.3, -0.25) is 28.6 Å². The van der Waals surface area contributed by atoms with E-state index in [1.807, 2.05) is 0 Å². The van der Waals surface area contributed by atoms with E-state index >= 15 is 0 Å². The maximum Gasteiger partial charge on any atom is 0.522 e. The summed E-state index contributed by atoms with van der Waals surface area (Å²) in [6.45, 7) is -1.47. The van der Waals surface area contributed by atoms with Gasteiger partial charge < -0.3 is 15.5 Å². The lowest BCUT2D eigenvalue weighted by atomic mass is 9.95. The highest BCUT2D eigenvalue weighted by molar-refractivity contribution is 7.90. The molecule has 3 amide bonds. The van der Waals surface area contributed by atoms with E-state index < -0.39 is 65.3 Å². The third-order valence-electron chi connectivity index (χ3n) is 7.29. The minimum atomic E-state index is -5.06. The van der Waals surface area contributed by atoms with Gasteiger partial charge in [-0.15, -0.1) is 13.2 Å². The van der Waals surface area contributed by atoms with Crippen molar-refractivity contribution >= 4 is 39.4 Å². The molecule has 2 aliphatic heterocycles. The molecule has 1 aromatic rings. The number of hydrogen-bond donors (Lipinski definition) is 4. The summed E-state index contributed by atoms with van der Waals surface area (Å²) in [7, 11) is -4.11. The van der Waals surface area contributed by atoms with E-state index in [-0.39, 0.29) is 36.4 Å². The van der Waals surface area contributed by atoms with Crippen LogP contribution < -0.4 is 20.1 Å². The lowest BCUT2D eigenvalue weighted by Gasteiger charge is -2.27. The van der Waals surface area contributed by atoms with Gasteiger partial charge in [0.1, 0.15) is 12.6 Å². The van der Waals surface area contributed by atoms with Crippen LogP contribution in [0.5, 0.6) is 0 Å². The van der Waals surface area contributed by atoms with Crippen LogP contribution in [0.3, 0.4) is 0 Å². The third kappa shape index (κ3) is 7.91. The predicted octanol–water partition coefficient (Wildman–Crippen LogP) is 0.431. The number of hydrogen-bond acceptors (Lipinski definition) is 7. The molecule has 2 heterocycles. The summed E-state index contributed by atoms with van der Waals surface area (Å²) in [6, 6.07) is 5.46. The first-order chi connectivity index (χ1) is 18.8. The van der Waals surface area contributed by atoms with E-state index in [2.05, 4.69) is 24.8 Å². The van der Waals surface area contributed by atoms with Crippen LogP contribution in [0.15, 0.2) is 30.3 Å². The first-order valence-corrected chi connectivity index (χ1v) is 14.2. The van der Waals surface area contributed by atoms with Crippen molar-refractivity contribution in [1.82, 2.24) is 20.3 Å². The molecular formula is C24H30F3N5O7S. The van der Waals surface area contributed by atoms with E-state index in [1.165, 1.54) is 17.0 Å². The Labute approximate surface area is 228 Å². The molecule has 12 nitrogen and oxygen atoms in total. The second kappa shape index (κ2) is 11.7. The fourth-order valence-corrected chi connectivity index (χ4v) is 5.83. The molecule has 4 N–H and O–H groups in total. The highest BCUT2D eigenvalue weighted by Crippen LogP contribution is 2.54. The summed E-state index contributed by atoms with van der Waals surface area (Å²) in [6.07, 6.45) is -3.22. The molecule has 2 saturated heterocycles. The van der Waals surface area contributed by atoms with Gasteiger partial charge in [0.25, 0.3) is 10.2 Å². The largest absolute Gasteiger partial charge is 0.522 e. The van der Waals surface area contributed by atoms with Crippen LogP contribution in [-0.4, -0.2) is 81.5 Å². The SMILES string of the molecule is O=C1NCC[C@H]1C[C@H](NC(=O)[C@@H]1CC2(CC2)CN1C(=O)CNS(=O)(=O)Nc1ccccc1)C(=O)COC(F)(F)F. The van der Waals surface area contributed by atoms with Crippen molar-refractivity contribution in [3.05, 3.63) is 30.3 Å². The molecule has 1 saturated carbocycles. The monoisotopic (exact) mass is 589 g/mol. The van der Waals surface area contributed by atoms with Crippen LogP contribution in [0.1, 0.15) is 32.1 Å². The summed E-state index contributed by atoms with van der Waals surface area (Å²) < 4.78 is 70.5. The topological polar surface area (TPSA) is 163 Å². The minimum Gasteiger partial charge on any atom is -0.356 e. The van der Waals surface area contributed by atoms with Crippen molar-refractivity contribution < 1.29 is 45.5 Å². The van der Waals surface area contributed by atoms with Gasteiger partial charge in [-0.1, -0.05) is 18.2 Å². The van der Waals surface area contributed by atoms with Crippen molar-refractivity contribution in [3.8, 4) is 0 Å². The van der Waals surface area contributed by atoms with Crippen LogP contribution in [0.25, 0.3) is 0 Å². The average Bonchev–Trinajstić information content (AvgIpc) is 3.34. The number of ether oxygens (including phenoxy) is 1. The van der Waals surface area contributed by atoms with Crippen LogP contribution in [0.2, 0.25) is 0 Å². The number of halogens is 3. The van der Waals surface area contributed by atoms with Gasteiger partial charge >= 0.3 is 6.36 Å². The first kappa shape index (κ1) is 29.7. The molecule has 220 valence electrons. The highest BCUT2D eigenvalue weighted by atomic mass is 32.2. The molecule has 0 aromatic heterocycles. The maximum absolute atomic E-state index is 13.3. The smallest absolute Gasteiger partial charge is 0.356 e. The van der Waals surface area contributed by atoms with E-state index in [9.17, 15) is 40.8 Å². The average molecular weight is 590 g/mol. The van der Waals surface area contributed by atoms with Gasteiger partial charge in [0.15, 0.2) is 5.78 Å². The fraction of sp³-hybridized carbons (Fsp3) is 0.583. The Kier molecular flexibility index (Phi) is 8.70. The number of benzene rings is 1. The Hall–Kier alpha value is -3.24. The lowest BCUT2D eigenvalue weighted by Crippen LogP contribution is -2.53. The number of nitrogens with one attached hydrogen (secondary N) is 4. The summed E-state index contributed by atoms with van der Waals surface area (Å²) >= 11 is 0. The van der Waals surface area contributed by atoms with Gasteiger partial charge in [0, 0.05) is 24.7 Å². The summed E-state index contributed by atoms with van der Waals surface area (Å²) in [4.78, 5) is 52.2. The molecule has 3 fully saturated rings. The van der Waals surface area contributed by atoms with Crippen molar-refractivity contribution in [1.29, 1.82) is 0 Å². The van der Waals surface area contributed by atoms with E-state index in [1.54, 1.807) is 18.2 Å². The Balaban J connectivity index is 1.42. The molecule has 1 spiro atoms. The number of rotatable bonds is 12. The second-order valence-corrected chi connectivity index (χ2v) is 11.8. The number of anilines is 1. The zero-order chi connectivity index (χ0) is 29.1. The number of Topliss-reactive ketones (excluding diaryl/α,β-unsaturated/α-hetero) is 1. The Morgan fingerprint density at radius 2 is 1.88 bits per heavy atom. The van der Waals surface area contributed by atoms with Crippen molar-refractivity contribution in [2.75, 3.05) is 31.0 Å². The summed E-state index contributed by atoms with van der Waals surface area (Å²) in [5.41, 5.74) is -0.0396. The molecule has 0 unspecified atom stereocenters. The van der Waals surface area contributed by atoms with Gasteiger partial charge in [-0.2, -0.15) is 13.1 Å². The van der Waals surface area contributed by atoms with Gasteiger partial charge in [0.05, 0.1) is 12.6 Å². The molecule has 1 aromatic carbocycles. The van der Waals surface area contributed by atoms with Gasteiger partial charge in [-0.05, 0) is 49.7 Å². The second-order valence-electron chi connectivity index (χ2n) is 10.3. The van der Waals surface area contributed by atoms with Crippen LogP contribution in [0, 0.1) is 11.3 Å². The summed E-state index contributed by atoms with van der Waals surface area (Å²) in [5.74, 6) is -3.59. The molecule has 3 aliphatic rings. The normalized spacial score (nSPS) is 22.6. The molecule has 16 heteroatoms. The molecule has 1 aliphatic carbocycles. The van der Waals surface area contributed by atoms with Crippen molar-refractivity contribution in [2.45, 2.75) is 50.6 Å². The van der Waals surface area contributed by atoms with Crippen LogP contribution >= 0.6 is 0 Å². The number of likely N-dealkylation sites (tertiary alicyclic amines) is 1. The number of amides is 3. The Morgan fingerprint density at radius 1 is 1.18 bits per heavy atom. The predicted molar refractivity (Wildman–Crippen MR) is 133 cm³/mol. The van der Waals surface area contributed by atoms with Crippen molar-refractivity contribution in [2.24, 2.45) is 11.3 Å². The standard InChI is InChI=1S/C24H30F3N5O7S/c25-24(26,27)39-13-19(33)17(10-15-6-9-28-21(15)35)30-22(36)18-11-23(7-8-23)14-32(18)20(34)12-29-40(37,38)31-16-4-2-1-3-5-16/h1-5,15,17-18,29,31H,6-14H2,(H,28,35)(H,30,36)/t15-,17-,18-/m0/s1. The number of nitrogens with zero attached hydrogens (tertiary/aromatic N) is 1. The Bertz CT molecular complexity index is 1240. The molecule has 0 bridgehead atoms. The lowest BCUT2D eigenvalue weighted by molar-refractivity contribution is -0.321. The van der Waals surface area contributed by atoms with E-state index in [0.717, 1.165) is 12.8 Å². The fourth-order valence-electron chi connectivity index (χ4n) is 4.99. The molecule has 0 radical (unpaired) electrons. The zero-order valence-corrected chi connectivity index (χ0v) is 22.1. The van der Waals surface area contributed by atoms with Crippen LogP contribution in [0.4, 0.5) is 18.9 Å². The number of ketones is 1. The number of carbonyl (C=O) groups is 4. The third-order valence-corrected chi connectivity index (χ3v) is 8.32. The number of alkyl halides is 3. The molecular weight excluding hydrogens is 559 g/mol. The van der Waals surface area contributed by atoms with Crippen molar-refractivity contribution in [3.63, 3.8) is 0 Å². The first-order valence-electron chi connectivity index (χ1n) is 12.7. The van der Waals surface area contributed by atoms with Crippen LogP contribution in [-0.2, 0) is 34.1 Å². The maximum atomic E-state index is 13.3. The van der Waals surface area contributed by atoms with Gasteiger partial charge in [0.2, 0.25) is 17.7 Å². The molecule has 40 heavy (non-hydrogen) atoms. The summed E-state index contributed by atoms with van der Waals surface area (Å²) in [5, 5.41) is 5.01.